The monoisotopic (exact) mass is 279 g/mol. The summed E-state index contributed by atoms with van der Waals surface area (Å²) in [5.74, 6) is 2.38. The maximum absolute atomic E-state index is 4.63. The van der Waals surface area contributed by atoms with Crippen LogP contribution in [0.15, 0.2) is 18.3 Å². The zero-order chi connectivity index (χ0) is 11.1. The first kappa shape index (κ1) is 10.8. The van der Waals surface area contributed by atoms with Crippen LogP contribution in [-0.2, 0) is 6.42 Å². The van der Waals surface area contributed by atoms with E-state index in [-0.39, 0.29) is 0 Å². The van der Waals surface area contributed by atoms with Crippen molar-refractivity contribution in [1.82, 2.24) is 4.98 Å². The third-order valence-electron chi connectivity index (χ3n) is 4.54. The molecule has 1 fully saturated rings. The van der Waals surface area contributed by atoms with Gasteiger partial charge in [0.15, 0.2) is 0 Å². The van der Waals surface area contributed by atoms with Gasteiger partial charge in [-0.15, -0.1) is 0 Å². The Morgan fingerprint density at radius 1 is 1.31 bits per heavy atom. The van der Waals surface area contributed by atoms with Gasteiger partial charge in [-0.1, -0.05) is 28.9 Å². The van der Waals surface area contributed by atoms with Crippen molar-refractivity contribution in [2.24, 2.45) is 11.8 Å². The van der Waals surface area contributed by atoms with Crippen molar-refractivity contribution in [3.8, 4) is 0 Å². The number of hydrogen-bond acceptors (Lipinski definition) is 1. The second-order valence-electron chi connectivity index (χ2n) is 5.31. The van der Waals surface area contributed by atoms with Crippen molar-refractivity contribution in [3.05, 3.63) is 29.6 Å². The van der Waals surface area contributed by atoms with E-state index in [4.69, 9.17) is 0 Å². The SMILES string of the molecule is CC1C(Br)CCC1C1CCc2cccnc21. The van der Waals surface area contributed by atoms with E-state index in [1.165, 1.54) is 36.9 Å². The summed E-state index contributed by atoms with van der Waals surface area (Å²) in [4.78, 5) is 5.36. The van der Waals surface area contributed by atoms with Crippen LogP contribution in [0.5, 0.6) is 0 Å². The Bertz CT molecular complexity index is 390. The zero-order valence-electron chi connectivity index (χ0n) is 9.70. The van der Waals surface area contributed by atoms with Crippen LogP contribution in [-0.4, -0.2) is 9.81 Å². The largest absolute Gasteiger partial charge is 0.261 e. The molecule has 1 heterocycles. The molecule has 0 aliphatic heterocycles. The molecule has 3 rings (SSSR count). The summed E-state index contributed by atoms with van der Waals surface area (Å²) in [6.07, 6.45) is 7.23. The van der Waals surface area contributed by atoms with Crippen LogP contribution >= 0.6 is 15.9 Å². The van der Waals surface area contributed by atoms with Crippen LogP contribution in [0, 0.1) is 11.8 Å². The first-order valence-corrected chi connectivity index (χ1v) is 7.27. The van der Waals surface area contributed by atoms with E-state index in [9.17, 15) is 0 Å². The van der Waals surface area contributed by atoms with Gasteiger partial charge < -0.3 is 0 Å². The number of pyridine rings is 1. The average molecular weight is 280 g/mol. The van der Waals surface area contributed by atoms with Crippen LogP contribution in [0.2, 0.25) is 0 Å². The van der Waals surface area contributed by atoms with Gasteiger partial charge in [0.2, 0.25) is 0 Å². The fourth-order valence-corrected chi connectivity index (χ4v) is 4.23. The summed E-state index contributed by atoms with van der Waals surface area (Å²) in [6.45, 7) is 2.40. The summed E-state index contributed by atoms with van der Waals surface area (Å²) < 4.78 is 0. The molecule has 4 unspecified atom stereocenters. The standard InChI is InChI=1S/C14H18BrN/c1-9-11(6-7-13(9)15)12-5-4-10-3-2-8-16-14(10)12/h2-3,8-9,11-13H,4-7H2,1H3. The molecule has 2 aliphatic rings. The Morgan fingerprint density at radius 3 is 2.94 bits per heavy atom. The summed E-state index contributed by atoms with van der Waals surface area (Å²) in [7, 11) is 0. The topological polar surface area (TPSA) is 12.9 Å². The molecular formula is C14H18BrN. The highest BCUT2D eigenvalue weighted by Gasteiger charge is 2.39. The van der Waals surface area contributed by atoms with Crippen LogP contribution in [0.4, 0.5) is 0 Å². The maximum atomic E-state index is 4.63. The molecule has 0 saturated heterocycles. The van der Waals surface area contributed by atoms with E-state index in [1.807, 2.05) is 6.20 Å². The molecule has 0 aromatic carbocycles. The van der Waals surface area contributed by atoms with E-state index in [0.717, 1.165) is 22.6 Å². The Balaban J connectivity index is 1.88. The number of halogens is 1. The van der Waals surface area contributed by atoms with Crippen LogP contribution in [0.3, 0.4) is 0 Å². The van der Waals surface area contributed by atoms with E-state index in [1.54, 1.807) is 0 Å². The molecule has 0 amide bonds. The van der Waals surface area contributed by atoms with Gasteiger partial charge in [-0.2, -0.15) is 0 Å². The lowest BCUT2D eigenvalue weighted by Crippen LogP contribution is -2.17. The molecule has 2 heteroatoms. The van der Waals surface area contributed by atoms with Gasteiger partial charge in [0.25, 0.3) is 0 Å². The normalized spacial score (nSPS) is 37.6. The van der Waals surface area contributed by atoms with Crippen molar-refractivity contribution in [3.63, 3.8) is 0 Å². The Morgan fingerprint density at radius 2 is 2.19 bits per heavy atom. The molecule has 1 aromatic rings. The number of aromatic nitrogens is 1. The lowest BCUT2D eigenvalue weighted by atomic mass is 9.83. The molecule has 1 nitrogen and oxygen atoms in total. The lowest BCUT2D eigenvalue weighted by Gasteiger charge is -2.24. The third kappa shape index (κ3) is 1.62. The van der Waals surface area contributed by atoms with Crippen molar-refractivity contribution in [2.75, 3.05) is 0 Å². The Hall–Kier alpha value is -0.370. The first-order valence-electron chi connectivity index (χ1n) is 6.35. The van der Waals surface area contributed by atoms with Crippen LogP contribution < -0.4 is 0 Å². The molecule has 4 atom stereocenters. The number of alkyl halides is 1. The summed E-state index contributed by atoms with van der Waals surface area (Å²) >= 11 is 3.81. The molecular weight excluding hydrogens is 262 g/mol. The first-order chi connectivity index (χ1) is 7.77. The van der Waals surface area contributed by atoms with Crippen molar-refractivity contribution in [2.45, 2.75) is 43.4 Å². The van der Waals surface area contributed by atoms with Crippen molar-refractivity contribution < 1.29 is 0 Å². The highest BCUT2D eigenvalue weighted by molar-refractivity contribution is 9.09. The van der Waals surface area contributed by atoms with Crippen molar-refractivity contribution in [1.29, 1.82) is 0 Å². The third-order valence-corrected chi connectivity index (χ3v) is 5.83. The predicted octanol–water partition coefficient (Wildman–Crippen LogP) is 3.92. The van der Waals surface area contributed by atoms with Gasteiger partial charge >= 0.3 is 0 Å². The highest BCUT2D eigenvalue weighted by atomic mass is 79.9. The van der Waals surface area contributed by atoms with Gasteiger partial charge in [0, 0.05) is 22.6 Å². The molecule has 1 aromatic heterocycles. The second-order valence-corrected chi connectivity index (χ2v) is 6.49. The van der Waals surface area contributed by atoms with E-state index in [0.29, 0.717) is 0 Å². The summed E-state index contributed by atoms with van der Waals surface area (Å²) in [5.41, 5.74) is 2.90. The second kappa shape index (κ2) is 4.14. The van der Waals surface area contributed by atoms with Gasteiger partial charge in [-0.3, -0.25) is 4.98 Å². The highest BCUT2D eigenvalue weighted by Crippen LogP contribution is 2.48. The van der Waals surface area contributed by atoms with E-state index >= 15 is 0 Å². The van der Waals surface area contributed by atoms with E-state index < -0.39 is 0 Å². The minimum absolute atomic E-state index is 0.727. The molecule has 2 aliphatic carbocycles. The molecule has 0 radical (unpaired) electrons. The lowest BCUT2D eigenvalue weighted by molar-refractivity contribution is 0.344. The van der Waals surface area contributed by atoms with Crippen LogP contribution in [0.1, 0.15) is 43.4 Å². The Kier molecular flexibility index (Phi) is 2.78. The Labute approximate surface area is 106 Å². The summed E-state index contributed by atoms with van der Waals surface area (Å²) in [6, 6.07) is 4.33. The smallest absolute Gasteiger partial charge is 0.0469 e. The van der Waals surface area contributed by atoms with Gasteiger partial charge in [-0.25, -0.2) is 0 Å². The van der Waals surface area contributed by atoms with Gasteiger partial charge in [-0.05, 0) is 49.1 Å². The number of rotatable bonds is 1. The zero-order valence-corrected chi connectivity index (χ0v) is 11.3. The molecule has 0 bridgehead atoms. The molecule has 0 N–H and O–H groups in total. The fraction of sp³-hybridized carbons (Fsp3) is 0.643. The molecule has 1 saturated carbocycles. The maximum Gasteiger partial charge on any atom is 0.0469 e. The number of fused-ring (bicyclic) bond motifs is 1. The van der Waals surface area contributed by atoms with Crippen LogP contribution in [0.25, 0.3) is 0 Å². The minimum Gasteiger partial charge on any atom is -0.261 e. The van der Waals surface area contributed by atoms with E-state index in [2.05, 4.69) is 40.0 Å². The fourth-order valence-electron chi connectivity index (χ4n) is 3.57. The number of aryl methyl sites for hydroxylation is 1. The van der Waals surface area contributed by atoms with Gasteiger partial charge in [0.1, 0.15) is 0 Å². The molecule has 0 spiro atoms. The quantitative estimate of drug-likeness (QED) is 0.710. The number of nitrogens with zero attached hydrogens (tertiary/aromatic N) is 1. The van der Waals surface area contributed by atoms with Gasteiger partial charge in [0.05, 0.1) is 0 Å². The van der Waals surface area contributed by atoms with Crippen molar-refractivity contribution >= 4 is 15.9 Å². The average Bonchev–Trinajstić information content (AvgIpc) is 2.85. The molecule has 16 heavy (non-hydrogen) atoms. The summed E-state index contributed by atoms with van der Waals surface area (Å²) in [5, 5.41) is 0. The molecule has 86 valence electrons. The minimum atomic E-state index is 0.727. The predicted molar refractivity (Wildman–Crippen MR) is 69.9 cm³/mol. The number of hydrogen-bond donors (Lipinski definition) is 0.